The summed E-state index contributed by atoms with van der Waals surface area (Å²) in [4.78, 5) is 48.3. The minimum atomic E-state index is -1.88. The number of rotatable bonds is 8. The quantitative estimate of drug-likeness (QED) is 0.264. The normalized spacial score (nSPS) is 24.5. The van der Waals surface area contributed by atoms with Crippen LogP contribution in [0.25, 0.3) is 0 Å². The van der Waals surface area contributed by atoms with Crippen LogP contribution in [-0.2, 0) is 50.9 Å². The first-order valence-corrected chi connectivity index (χ1v) is 13.4. The predicted octanol–water partition coefficient (Wildman–Crippen LogP) is 3.56. The zero-order chi connectivity index (χ0) is 28.7. The number of alkyl carbamates (subject to hydrolysis) is 1. The highest BCUT2D eigenvalue weighted by Gasteiger charge is 2.52. The molecule has 0 spiro atoms. The molecular weight excluding hydrogens is 581 g/mol. The molecule has 0 unspecified atom stereocenters. The van der Waals surface area contributed by atoms with E-state index >= 15 is 0 Å². The molecule has 0 bridgehead atoms. The van der Waals surface area contributed by atoms with Crippen LogP contribution in [-0.4, -0.2) is 71.7 Å². The Labute approximate surface area is 240 Å². The first-order chi connectivity index (χ1) is 18.3. The van der Waals surface area contributed by atoms with Crippen molar-refractivity contribution in [3.63, 3.8) is 0 Å². The maximum Gasteiger partial charge on any atom is 0.407 e. The zero-order valence-corrected chi connectivity index (χ0v) is 23.8. The molecule has 0 saturated carbocycles. The van der Waals surface area contributed by atoms with Gasteiger partial charge < -0.3 is 33.7 Å². The minimum absolute atomic E-state index is 0.362. The lowest BCUT2D eigenvalue weighted by molar-refractivity contribution is -0.256. The summed E-state index contributed by atoms with van der Waals surface area (Å²) >= 11 is 17.0. The van der Waals surface area contributed by atoms with Gasteiger partial charge in [-0.15, -0.1) is 0 Å². The fourth-order valence-corrected chi connectivity index (χ4v) is 4.56. The molecule has 5 atom stereocenters. The van der Waals surface area contributed by atoms with E-state index in [1.165, 1.54) is 12.5 Å². The molecule has 1 aromatic rings. The van der Waals surface area contributed by atoms with Crippen LogP contribution in [0.4, 0.5) is 4.79 Å². The SMILES string of the molecule is CC(=O)OC[C@H]1O[C@@H](Oc2ccc3c(c2)CCCC3)[C@H](NC(=O)OCC(Cl)(Cl)Cl)[C@@H](OC(C)=O)[C@@H]1OC(C)=O. The van der Waals surface area contributed by atoms with Crippen LogP contribution in [0, 0.1) is 0 Å². The molecule has 1 N–H and O–H groups in total. The van der Waals surface area contributed by atoms with E-state index in [0.717, 1.165) is 45.1 Å². The Kier molecular flexibility index (Phi) is 10.9. The van der Waals surface area contributed by atoms with Crippen molar-refractivity contribution in [3.8, 4) is 5.75 Å². The minimum Gasteiger partial charge on any atom is -0.463 e. The van der Waals surface area contributed by atoms with Crippen LogP contribution >= 0.6 is 34.8 Å². The summed E-state index contributed by atoms with van der Waals surface area (Å²) in [5.74, 6) is -1.69. The van der Waals surface area contributed by atoms with Crippen molar-refractivity contribution in [2.24, 2.45) is 0 Å². The molecule has 1 heterocycles. The molecule has 1 aliphatic carbocycles. The molecule has 216 valence electrons. The number of halogens is 3. The third-order valence-corrected chi connectivity index (χ3v) is 6.25. The second kappa shape index (κ2) is 13.7. The Morgan fingerprint density at radius 2 is 1.56 bits per heavy atom. The molecule has 14 heteroatoms. The molecule has 3 rings (SSSR count). The number of hydrogen-bond acceptors (Lipinski definition) is 10. The van der Waals surface area contributed by atoms with Gasteiger partial charge in [-0.05, 0) is 48.9 Å². The van der Waals surface area contributed by atoms with Crippen molar-refractivity contribution >= 4 is 58.8 Å². The number of nitrogens with one attached hydrogen (secondary N) is 1. The van der Waals surface area contributed by atoms with E-state index in [2.05, 4.69) is 5.32 Å². The Bertz CT molecular complexity index is 1060. The lowest BCUT2D eigenvalue weighted by Gasteiger charge is -2.44. The topological polar surface area (TPSA) is 136 Å². The van der Waals surface area contributed by atoms with Gasteiger partial charge in [-0.1, -0.05) is 40.9 Å². The van der Waals surface area contributed by atoms with Gasteiger partial charge in [0.2, 0.25) is 10.1 Å². The Balaban J connectivity index is 1.96. The molecule has 39 heavy (non-hydrogen) atoms. The van der Waals surface area contributed by atoms with E-state index < -0.39 is 65.0 Å². The third-order valence-electron chi connectivity index (χ3n) is 5.92. The van der Waals surface area contributed by atoms with Crippen molar-refractivity contribution in [1.29, 1.82) is 0 Å². The van der Waals surface area contributed by atoms with Crippen molar-refractivity contribution in [1.82, 2.24) is 5.32 Å². The first kappa shape index (κ1) is 31.1. The average molecular weight is 611 g/mol. The molecule has 1 amide bonds. The Morgan fingerprint density at radius 3 is 2.18 bits per heavy atom. The standard InChI is InChI=1S/C25H30Cl3NO10/c1-13(30)34-11-19-21(36-14(2)31)22(37-15(3)32)20(29-24(33)35-12-25(26,27)28)23(39-19)38-18-9-8-16-6-4-5-7-17(16)10-18/h8-10,19-23H,4-7,11-12H2,1-3H3,(H,29,33)/t19-,20-,21-,22-,23-/m1/s1. The lowest BCUT2D eigenvalue weighted by Crippen LogP contribution is -2.67. The van der Waals surface area contributed by atoms with E-state index in [-0.39, 0.29) is 6.61 Å². The van der Waals surface area contributed by atoms with Crippen LogP contribution < -0.4 is 10.1 Å². The summed E-state index contributed by atoms with van der Waals surface area (Å²) in [6, 6.07) is 4.30. The Hall–Kier alpha value is -2.47. The van der Waals surface area contributed by atoms with E-state index in [1.54, 1.807) is 6.07 Å². The van der Waals surface area contributed by atoms with Gasteiger partial charge in [0.05, 0.1) is 0 Å². The molecular formula is C25H30Cl3NO10. The van der Waals surface area contributed by atoms with Crippen molar-refractivity contribution in [2.75, 3.05) is 13.2 Å². The molecule has 11 nitrogen and oxygen atoms in total. The molecule has 1 saturated heterocycles. The number of carbonyl (C=O) groups is 4. The number of alkyl halides is 3. The highest BCUT2D eigenvalue weighted by Crippen LogP contribution is 2.32. The van der Waals surface area contributed by atoms with Gasteiger partial charge in [0.1, 0.15) is 31.1 Å². The molecule has 0 aromatic heterocycles. The molecule has 1 aromatic carbocycles. The molecule has 1 fully saturated rings. The number of amides is 1. The zero-order valence-electron chi connectivity index (χ0n) is 21.6. The van der Waals surface area contributed by atoms with Crippen LogP contribution in [0.3, 0.4) is 0 Å². The second-order valence-electron chi connectivity index (χ2n) is 9.11. The molecule has 0 radical (unpaired) electrons. The third kappa shape index (κ3) is 9.59. The van der Waals surface area contributed by atoms with Crippen LogP contribution in [0.15, 0.2) is 18.2 Å². The summed E-state index contributed by atoms with van der Waals surface area (Å²) < 4.78 is 31.3. The van der Waals surface area contributed by atoms with Crippen molar-refractivity contribution in [2.45, 2.75) is 80.9 Å². The highest BCUT2D eigenvalue weighted by atomic mass is 35.6. The van der Waals surface area contributed by atoms with Crippen molar-refractivity contribution in [3.05, 3.63) is 29.3 Å². The number of ether oxygens (including phenoxy) is 6. The molecule has 2 aliphatic rings. The van der Waals surface area contributed by atoms with E-state index in [0.29, 0.717) is 5.75 Å². The number of fused-ring (bicyclic) bond motifs is 1. The first-order valence-electron chi connectivity index (χ1n) is 12.2. The van der Waals surface area contributed by atoms with E-state index in [9.17, 15) is 19.2 Å². The highest BCUT2D eigenvalue weighted by molar-refractivity contribution is 6.67. The summed E-state index contributed by atoms with van der Waals surface area (Å²) in [6.45, 7) is 2.52. The summed E-state index contributed by atoms with van der Waals surface area (Å²) in [5.41, 5.74) is 2.33. The molecule has 1 aliphatic heterocycles. The maximum absolute atomic E-state index is 12.7. The van der Waals surface area contributed by atoms with Gasteiger partial charge in [-0.2, -0.15) is 0 Å². The van der Waals surface area contributed by atoms with E-state index in [1.807, 2.05) is 12.1 Å². The summed E-state index contributed by atoms with van der Waals surface area (Å²) in [6.07, 6.45) is -2.16. The van der Waals surface area contributed by atoms with Crippen LogP contribution in [0.1, 0.15) is 44.7 Å². The van der Waals surface area contributed by atoms with Crippen LogP contribution in [0.5, 0.6) is 5.75 Å². The van der Waals surface area contributed by atoms with Gasteiger partial charge in [-0.3, -0.25) is 14.4 Å². The second-order valence-corrected chi connectivity index (χ2v) is 11.6. The number of benzene rings is 1. The number of hydrogen-bond donors (Lipinski definition) is 1. The fraction of sp³-hybridized carbons (Fsp3) is 0.600. The fourth-order valence-electron chi connectivity index (χ4n) is 4.40. The van der Waals surface area contributed by atoms with E-state index in [4.69, 9.17) is 63.2 Å². The maximum atomic E-state index is 12.7. The predicted molar refractivity (Wildman–Crippen MR) is 139 cm³/mol. The van der Waals surface area contributed by atoms with Crippen LogP contribution in [0.2, 0.25) is 0 Å². The summed E-state index contributed by atoms with van der Waals surface area (Å²) in [7, 11) is 0. The van der Waals surface area contributed by atoms with Gasteiger partial charge in [0, 0.05) is 20.8 Å². The van der Waals surface area contributed by atoms with Crippen molar-refractivity contribution < 1.29 is 47.6 Å². The largest absolute Gasteiger partial charge is 0.463 e. The van der Waals surface area contributed by atoms with Gasteiger partial charge in [0.25, 0.3) is 0 Å². The van der Waals surface area contributed by atoms with Gasteiger partial charge in [-0.25, -0.2) is 4.79 Å². The number of carbonyl (C=O) groups excluding carboxylic acids is 4. The number of aryl methyl sites for hydroxylation is 2. The number of esters is 3. The monoisotopic (exact) mass is 609 g/mol. The van der Waals surface area contributed by atoms with Gasteiger partial charge in [0.15, 0.2) is 12.2 Å². The van der Waals surface area contributed by atoms with Gasteiger partial charge >= 0.3 is 24.0 Å². The lowest BCUT2D eigenvalue weighted by atomic mass is 9.91. The average Bonchev–Trinajstić information content (AvgIpc) is 2.84. The Morgan fingerprint density at radius 1 is 0.923 bits per heavy atom. The summed E-state index contributed by atoms with van der Waals surface area (Å²) in [5, 5.41) is 2.50. The smallest absolute Gasteiger partial charge is 0.407 e.